The van der Waals surface area contributed by atoms with Gasteiger partial charge >= 0.3 is 0 Å². The zero-order valence-corrected chi connectivity index (χ0v) is 13.6. The minimum Gasteiger partial charge on any atom is -0.365 e. The van der Waals surface area contributed by atoms with E-state index in [1.807, 2.05) is 42.5 Å². The van der Waals surface area contributed by atoms with Crippen LogP contribution in [0.3, 0.4) is 0 Å². The second kappa shape index (κ2) is 5.64. The Morgan fingerprint density at radius 2 is 2.33 bits per heavy atom. The van der Waals surface area contributed by atoms with E-state index in [2.05, 4.69) is 11.9 Å². The number of carbonyl (C=O) groups excluding carboxylic acids is 1. The molecule has 0 spiro atoms. The van der Waals surface area contributed by atoms with Crippen LogP contribution in [0.15, 0.2) is 12.3 Å². The number of nitrogens with one attached hydrogen (secondary N) is 1. The van der Waals surface area contributed by atoms with Gasteiger partial charge in [-0.2, -0.15) is 0 Å². The summed E-state index contributed by atoms with van der Waals surface area (Å²) in [7, 11) is 1.89. The molecule has 1 atom stereocenters. The van der Waals surface area contributed by atoms with Crippen molar-refractivity contribution in [3.63, 3.8) is 0 Å². The summed E-state index contributed by atoms with van der Waals surface area (Å²) in [6.45, 7) is 4.75. The van der Waals surface area contributed by atoms with Crippen molar-refractivity contribution in [2.24, 2.45) is 0 Å². The number of aromatic amines is 1. The molecule has 1 aliphatic carbocycles. The van der Waals surface area contributed by atoms with E-state index >= 15 is 0 Å². The first kappa shape index (κ1) is 14.3. The molecule has 2 aromatic rings. The number of likely N-dealkylation sites (N-methyl/N-ethyl adjacent to an activating group) is 1. The van der Waals surface area contributed by atoms with Gasteiger partial charge in [0.25, 0.3) is 5.91 Å². The third kappa shape index (κ3) is 2.75. The van der Waals surface area contributed by atoms with Crippen LogP contribution < -0.4 is 0 Å². The summed E-state index contributed by atoms with van der Waals surface area (Å²) in [6.07, 6.45) is 5.29. The number of aromatic nitrogens is 2. The molecular weight excluding hydrogens is 282 g/mol. The van der Waals surface area contributed by atoms with Gasteiger partial charge in [0.05, 0.1) is 16.3 Å². The first-order chi connectivity index (χ1) is 10.1. The van der Waals surface area contributed by atoms with Gasteiger partial charge in [-0.05, 0) is 39.2 Å². The molecule has 0 saturated heterocycles. The molecule has 1 unspecified atom stereocenters. The van der Waals surface area contributed by atoms with Crippen molar-refractivity contribution in [2.75, 3.05) is 13.6 Å². The van der Waals surface area contributed by atoms with Gasteiger partial charge < -0.3 is 9.88 Å². The number of thiazole rings is 1. The number of amides is 1. The van der Waals surface area contributed by atoms with Crippen molar-refractivity contribution in [2.45, 2.75) is 39.0 Å². The van der Waals surface area contributed by atoms with Crippen LogP contribution in [0.5, 0.6) is 0 Å². The molecule has 0 aromatic carbocycles. The summed E-state index contributed by atoms with van der Waals surface area (Å²) in [4.78, 5) is 23.5. The van der Waals surface area contributed by atoms with Gasteiger partial charge in [0.2, 0.25) is 0 Å². The number of H-pyrrole nitrogens is 1. The topological polar surface area (TPSA) is 49.0 Å². The predicted molar refractivity (Wildman–Crippen MR) is 85.0 cm³/mol. The van der Waals surface area contributed by atoms with Gasteiger partial charge in [0.15, 0.2) is 0 Å². The number of carbonyl (C=O) groups is 1. The van der Waals surface area contributed by atoms with E-state index in [-0.39, 0.29) is 5.91 Å². The lowest BCUT2D eigenvalue weighted by Gasteiger charge is -2.26. The minimum absolute atomic E-state index is 0.0906. The molecule has 1 aliphatic rings. The Morgan fingerprint density at radius 1 is 1.52 bits per heavy atom. The fourth-order valence-electron chi connectivity index (χ4n) is 3.11. The van der Waals surface area contributed by atoms with Gasteiger partial charge in [-0.15, -0.1) is 11.3 Å². The molecule has 2 aromatic heterocycles. The van der Waals surface area contributed by atoms with Gasteiger partial charge in [-0.3, -0.25) is 4.79 Å². The lowest BCUT2D eigenvalue weighted by atomic mass is 9.90. The fourth-order valence-corrected chi connectivity index (χ4v) is 4.17. The Morgan fingerprint density at radius 3 is 3.05 bits per heavy atom. The molecule has 0 fully saturated rings. The summed E-state index contributed by atoms with van der Waals surface area (Å²) in [6, 6.07) is 1.85. The molecule has 1 N–H and O–H groups in total. The quantitative estimate of drug-likeness (QED) is 0.946. The zero-order valence-electron chi connectivity index (χ0n) is 12.8. The summed E-state index contributed by atoms with van der Waals surface area (Å²) in [5.41, 5.74) is 2.93. The number of rotatable bonds is 3. The lowest BCUT2D eigenvalue weighted by Crippen LogP contribution is -2.32. The van der Waals surface area contributed by atoms with Crippen molar-refractivity contribution < 1.29 is 4.79 Å². The summed E-state index contributed by atoms with van der Waals surface area (Å²) in [5.74, 6) is 0.472. The molecule has 2 heterocycles. The second-order valence-electron chi connectivity index (χ2n) is 5.83. The highest BCUT2D eigenvalue weighted by atomic mass is 32.1. The van der Waals surface area contributed by atoms with Crippen LogP contribution in [0.1, 0.15) is 50.4 Å². The van der Waals surface area contributed by atoms with Gasteiger partial charge in [0.1, 0.15) is 0 Å². The van der Waals surface area contributed by atoms with Gasteiger partial charge in [-0.25, -0.2) is 4.98 Å². The number of aryl methyl sites for hydroxylation is 3. The van der Waals surface area contributed by atoms with Crippen LogP contribution in [0.4, 0.5) is 0 Å². The second-order valence-corrected chi connectivity index (χ2v) is 7.12. The highest BCUT2D eigenvalue weighted by Gasteiger charge is 2.27. The first-order valence-corrected chi connectivity index (χ1v) is 8.23. The number of hydrogen-bond acceptors (Lipinski definition) is 3. The van der Waals surface area contributed by atoms with E-state index in [9.17, 15) is 4.79 Å². The highest BCUT2D eigenvalue weighted by molar-refractivity contribution is 7.11. The standard InChI is InChI=1S/C16H21N3OS/c1-10-13(7-8-17-10)16(20)19(3)9-12-5-4-6-14-15(12)18-11(2)21-14/h7-8,12,17H,4-6,9H2,1-3H3. The van der Waals surface area contributed by atoms with Gasteiger partial charge in [-0.1, -0.05) is 0 Å². The van der Waals surface area contributed by atoms with E-state index in [1.54, 1.807) is 0 Å². The number of fused-ring (bicyclic) bond motifs is 1. The molecule has 0 saturated carbocycles. The van der Waals surface area contributed by atoms with Crippen molar-refractivity contribution in [3.05, 3.63) is 39.1 Å². The molecule has 0 radical (unpaired) electrons. The summed E-state index contributed by atoms with van der Waals surface area (Å²) in [5, 5.41) is 1.14. The Hall–Kier alpha value is -1.62. The zero-order chi connectivity index (χ0) is 15.0. The van der Waals surface area contributed by atoms with E-state index < -0.39 is 0 Å². The van der Waals surface area contributed by atoms with E-state index in [0.29, 0.717) is 5.92 Å². The molecule has 3 rings (SSSR count). The largest absolute Gasteiger partial charge is 0.365 e. The Bertz CT molecular complexity index is 658. The maximum Gasteiger partial charge on any atom is 0.255 e. The Labute approximate surface area is 129 Å². The Kier molecular flexibility index (Phi) is 3.85. The van der Waals surface area contributed by atoms with Crippen molar-refractivity contribution >= 4 is 17.2 Å². The van der Waals surface area contributed by atoms with Crippen LogP contribution in [0.2, 0.25) is 0 Å². The average molecular weight is 303 g/mol. The van der Waals surface area contributed by atoms with Crippen LogP contribution in [-0.4, -0.2) is 34.4 Å². The fraction of sp³-hybridized carbons (Fsp3) is 0.500. The maximum atomic E-state index is 12.5. The molecule has 1 amide bonds. The molecule has 21 heavy (non-hydrogen) atoms. The molecule has 0 bridgehead atoms. The predicted octanol–water partition coefficient (Wildman–Crippen LogP) is 3.28. The third-order valence-electron chi connectivity index (χ3n) is 4.20. The molecule has 4 nitrogen and oxygen atoms in total. The van der Waals surface area contributed by atoms with Crippen molar-refractivity contribution in [1.29, 1.82) is 0 Å². The maximum absolute atomic E-state index is 12.5. The number of nitrogens with zero attached hydrogens (tertiary/aromatic N) is 2. The smallest absolute Gasteiger partial charge is 0.255 e. The summed E-state index contributed by atoms with van der Waals surface area (Å²) >= 11 is 1.81. The monoisotopic (exact) mass is 303 g/mol. The highest BCUT2D eigenvalue weighted by Crippen LogP contribution is 2.35. The normalized spacial score (nSPS) is 17.6. The SMILES string of the molecule is Cc1nc2c(s1)CCCC2CN(C)C(=O)c1cc[nH]c1C. The van der Waals surface area contributed by atoms with Crippen molar-refractivity contribution in [3.8, 4) is 0 Å². The number of hydrogen-bond donors (Lipinski definition) is 1. The molecule has 5 heteroatoms. The van der Waals surface area contributed by atoms with E-state index in [4.69, 9.17) is 4.98 Å². The van der Waals surface area contributed by atoms with Crippen LogP contribution >= 0.6 is 11.3 Å². The van der Waals surface area contributed by atoms with Crippen LogP contribution in [0.25, 0.3) is 0 Å². The van der Waals surface area contributed by atoms with Crippen molar-refractivity contribution in [1.82, 2.24) is 14.9 Å². The lowest BCUT2D eigenvalue weighted by molar-refractivity contribution is 0.0782. The van der Waals surface area contributed by atoms with E-state index in [0.717, 1.165) is 35.7 Å². The van der Waals surface area contributed by atoms with Gasteiger partial charge in [0, 0.05) is 36.3 Å². The first-order valence-electron chi connectivity index (χ1n) is 7.42. The van der Waals surface area contributed by atoms with Crippen LogP contribution in [-0.2, 0) is 6.42 Å². The minimum atomic E-state index is 0.0906. The van der Waals surface area contributed by atoms with Crippen LogP contribution in [0, 0.1) is 13.8 Å². The average Bonchev–Trinajstić information content (AvgIpc) is 3.03. The molecular formula is C16H21N3OS. The van der Waals surface area contributed by atoms with E-state index in [1.165, 1.54) is 17.0 Å². The molecule has 0 aliphatic heterocycles. The third-order valence-corrected chi connectivity index (χ3v) is 5.25. The Balaban J connectivity index is 1.75. The molecule has 112 valence electrons. The summed E-state index contributed by atoms with van der Waals surface area (Å²) < 4.78 is 0.